The molecule has 1 aromatic carbocycles. The number of rotatable bonds is 8. The van der Waals surface area contributed by atoms with Gasteiger partial charge in [0.1, 0.15) is 0 Å². The molecular weight excluding hydrogens is 302 g/mol. The summed E-state index contributed by atoms with van der Waals surface area (Å²) in [5, 5.41) is 4.53. The van der Waals surface area contributed by atoms with Gasteiger partial charge < -0.3 is 10.1 Å². The number of hydrogen-bond acceptors (Lipinski definition) is 3. The van der Waals surface area contributed by atoms with E-state index in [2.05, 4.69) is 24.4 Å². The van der Waals surface area contributed by atoms with Crippen LogP contribution < -0.4 is 5.32 Å². The van der Waals surface area contributed by atoms with Crippen LogP contribution in [0.1, 0.15) is 32.6 Å². The predicted octanol–water partition coefficient (Wildman–Crippen LogP) is 4.62. The van der Waals surface area contributed by atoms with Crippen molar-refractivity contribution >= 4 is 23.4 Å². The van der Waals surface area contributed by atoms with E-state index < -0.39 is 0 Å². The van der Waals surface area contributed by atoms with Crippen molar-refractivity contribution in [3.8, 4) is 0 Å². The molecule has 118 valence electrons. The third-order valence-electron chi connectivity index (χ3n) is 3.89. The van der Waals surface area contributed by atoms with Crippen molar-refractivity contribution in [3.05, 3.63) is 29.3 Å². The summed E-state index contributed by atoms with van der Waals surface area (Å²) >= 11 is 7.96. The van der Waals surface area contributed by atoms with Gasteiger partial charge in [-0.15, -0.1) is 11.8 Å². The zero-order chi connectivity index (χ0) is 14.9. The summed E-state index contributed by atoms with van der Waals surface area (Å²) < 4.78 is 5.46. The minimum atomic E-state index is 0.581. The first-order valence-electron chi connectivity index (χ1n) is 7.97. The molecule has 1 saturated heterocycles. The molecule has 1 unspecified atom stereocenters. The van der Waals surface area contributed by atoms with Gasteiger partial charge in [-0.3, -0.25) is 0 Å². The molecule has 0 saturated carbocycles. The Balaban J connectivity index is 1.83. The summed E-state index contributed by atoms with van der Waals surface area (Å²) in [7, 11) is 0. The standard InChI is InChI=1S/C17H26ClNOS/c1-2-8-19-16(11-14-6-9-20-10-7-14)13-21-17-5-3-4-15(18)12-17/h3-5,12,14,16,19H,2,6-11,13H2,1H3. The van der Waals surface area contributed by atoms with Gasteiger partial charge in [-0.1, -0.05) is 24.6 Å². The van der Waals surface area contributed by atoms with Crippen molar-refractivity contribution in [2.75, 3.05) is 25.5 Å². The molecule has 1 atom stereocenters. The van der Waals surface area contributed by atoms with Gasteiger partial charge in [-0.2, -0.15) is 0 Å². The summed E-state index contributed by atoms with van der Waals surface area (Å²) in [5.41, 5.74) is 0. The molecule has 0 aliphatic carbocycles. The molecule has 1 N–H and O–H groups in total. The summed E-state index contributed by atoms with van der Waals surface area (Å²) in [4.78, 5) is 1.26. The molecule has 2 nitrogen and oxygen atoms in total. The lowest BCUT2D eigenvalue weighted by molar-refractivity contribution is 0.0613. The Kier molecular flexibility index (Phi) is 7.94. The van der Waals surface area contributed by atoms with Crippen LogP contribution in [-0.2, 0) is 4.74 Å². The molecule has 21 heavy (non-hydrogen) atoms. The van der Waals surface area contributed by atoms with Crippen LogP contribution in [0.4, 0.5) is 0 Å². The van der Waals surface area contributed by atoms with Gasteiger partial charge in [-0.05, 0) is 56.3 Å². The summed E-state index contributed by atoms with van der Waals surface area (Å²) in [6, 6.07) is 8.73. The largest absolute Gasteiger partial charge is 0.381 e. The molecule has 0 aromatic heterocycles. The van der Waals surface area contributed by atoms with Gasteiger partial charge in [0, 0.05) is 34.9 Å². The van der Waals surface area contributed by atoms with E-state index in [0.717, 1.165) is 36.5 Å². The first kappa shape index (κ1) is 17.1. The van der Waals surface area contributed by atoms with Crippen LogP contribution in [0.3, 0.4) is 0 Å². The van der Waals surface area contributed by atoms with Crippen molar-refractivity contribution in [1.29, 1.82) is 0 Å². The fraction of sp³-hybridized carbons (Fsp3) is 0.647. The molecule has 1 fully saturated rings. The first-order chi connectivity index (χ1) is 10.3. The minimum absolute atomic E-state index is 0.581. The number of benzene rings is 1. The van der Waals surface area contributed by atoms with Crippen molar-refractivity contribution in [3.63, 3.8) is 0 Å². The third-order valence-corrected chi connectivity index (χ3v) is 5.28. The number of ether oxygens (including phenoxy) is 1. The molecule has 1 heterocycles. The van der Waals surface area contributed by atoms with Crippen LogP contribution in [0.15, 0.2) is 29.2 Å². The minimum Gasteiger partial charge on any atom is -0.381 e. The predicted molar refractivity (Wildman–Crippen MR) is 92.4 cm³/mol. The Hall–Kier alpha value is -0.220. The van der Waals surface area contributed by atoms with Crippen LogP contribution in [0.25, 0.3) is 0 Å². The molecule has 4 heteroatoms. The molecule has 1 aromatic rings. The first-order valence-corrected chi connectivity index (χ1v) is 9.33. The SMILES string of the molecule is CCCNC(CSc1cccc(Cl)c1)CC1CCOCC1. The smallest absolute Gasteiger partial charge is 0.0468 e. The number of thioether (sulfide) groups is 1. The van der Waals surface area contributed by atoms with E-state index in [1.54, 1.807) is 0 Å². The van der Waals surface area contributed by atoms with Gasteiger partial charge in [0.05, 0.1) is 0 Å². The molecule has 0 spiro atoms. The Morgan fingerprint density at radius 3 is 2.90 bits per heavy atom. The molecule has 0 radical (unpaired) electrons. The number of halogens is 1. The Morgan fingerprint density at radius 2 is 2.19 bits per heavy atom. The molecule has 2 rings (SSSR count). The van der Waals surface area contributed by atoms with Crippen LogP contribution in [-0.4, -0.2) is 31.6 Å². The number of hydrogen-bond donors (Lipinski definition) is 1. The Bertz CT molecular complexity index is 410. The lowest BCUT2D eigenvalue weighted by atomic mass is 9.93. The van der Waals surface area contributed by atoms with E-state index in [-0.39, 0.29) is 0 Å². The maximum Gasteiger partial charge on any atom is 0.0468 e. The monoisotopic (exact) mass is 327 g/mol. The Labute approximate surface area is 138 Å². The van der Waals surface area contributed by atoms with Gasteiger partial charge >= 0.3 is 0 Å². The second-order valence-electron chi connectivity index (χ2n) is 5.71. The second-order valence-corrected chi connectivity index (χ2v) is 7.24. The normalized spacial score (nSPS) is 17.8. The van der Waals surface area contributed by atoms with E-state index in [0.29, 0.717) is 6.04 Å². The van der Waals surface area contributed by atoms with Crippen molar-refractivity contribution in [1.82, 2.24) is 5.32 Å². The van der Waals surface area contributed by atoms with Crippen LogP contribution >= 0.6 is 23.4 Å². The summed E-state index contributed by atoms with van der Waals surface area (Å²) in [6.45, 7) is 5.20. The zero-order valence-corrected chi connectivity index (χ0v) is 14.4. The maximum atomic E-state index is 6.06. The quantitative estimate of drug-likeness (QED) is 0.704. The third kappa shape index (κ3) is 6.60. The average molecular weight is 328 g/mol. The molecule has 0 bridgehead atoms. The topological polar surface area (TPSA) is 21.3 Å². The molecular formula is C17H26ClNOS. The van der Waals surface area contributed by atoms with Gasteiger partial charge in [-0.25, -0.2) is 0 Å². The van der Waals surface area contributed by atoms with Gasteiger partial charge in [0.2, 0.25) is 0 Å². The number of nitrogens with one attached hydrogen (secondary N) is 1. The molecule has 1 aliphatic rings. The van der Waals surface area contributed by atoms with Crippen LogP contribution in [0.2, 0.25) is 5.02 Å². The highest BCUT2D eigenvalue weighted by Gasteiger charge is 2.19. The fourth-order valence-electron chi connectivity index (χ4n) is 2.70. The van der Waals surface area contributed by atoms with Crippen LogP contribution in [0.5, 0.6) is 0 Å². The van der Waals surface area contributed by atoms with Crippen molar-refractivity contribution < 1.29 is 4.74 Å². The lowest BCUT2D eigenvalue weighted by Gasteiger charge is -2.27. The molecule has 0 amide bonds. The van der Waals surface area contributed by atoms with Crippen molar-refractivity contribution in [2.24, 2.45) is 5.92 Å². The summed E-state index contributed by atoms with van der Waals surface area (Å²) in [6.07, 6.45) is 4.88. The molecule has 1 aliphatic heterocycles. The maximum absolute atomic E-state index is 6.06. The zero-order valence-electron chi connectivity index (χ0n) is 12.8. The second kappa shape index (κ2) is 9.73. The van der Waals surface area contributed by atoms with E-state index in [4.69, 9.17) is 16.3 Å². The van der Waals surface area contributed by atoms with E-state index >= 15 is 0 Å². The Morgan fingerprint density at radius 1 is 1.38 bits per heavy atom. The summed E-state index contributed by atoms with van der Waals surface area (Å²) in [5.74, 6) is 1.92. The average Bonchev–Trinajstić information content (AvgIpc) is 2.51. The van der Waals surface area contributed by atoms with E-state index in [1.807, 2.05) is 23.9 Å². The van der Waals surface area contributed by atoms with Crippen LogP contribution in [0, 0.1) is 5.92 Å². The van der Waals surface area contributed by atoms with E-state index in [1.165, 1.54) is 30.6 Å². The highest BCUT2D eigenvalue weighted by molar-refractivity contribution is 7.99. The van der Waals surface area contributed by atoms with Gasteiger partial charge in [0.15, 0.2) is 0 Å². The van der Waals surface area contributed by atoms with Crippen molar-refractivity contribution in [2.45, 2.75) is 43.5 Å². The van der Waals surface area contributed by atoms with Gasteiger partial charge in [0.25, 0.3) is 0 Å². The lowest BCUT2D eigenvalue weighted by Crippen LogP contribution is -2.35. The van der Waals surface area contributed by atoms with E-state index in [9.17, 15) is 0 Å². The highest BCUT2D eigenvalue weighted by Crippen LogP contribution is 2.26. The highest BCUT2D eigenvalue weighted by atomic mass is 35.5. The fourth-order valence-corrected chi connectivity index (χ4v) is 3.98.